The van der Waals surface area contributed by atoms with Gasteiger partial charge in [0.05, 0.1) is 0 Å². The van der Waals surface area contributed by atoms with Crippen LogP contribution in [0.2, 0.25) is 0 Å². The van der Waals surface area contributed by atoms with Crippen molar-refractivity contribution in [3.05, 3.63) is 47.5 Å². The van der Waals surface area contributed by atoms with E-state index in [2.05, 4.69) is 10.9 Å². The Morgan fingerprint density at radius 1 is 1.10 bits per heavy atom. The van der Waals surface area contributed by atoms with E-state index in [0.29, 0.717) is 5.56 Å². The molecule has 0 aliphatic carbocycles. The van der Waals surface area contributed by atoms with Gasteiger partial charge in [0.1, 0.15) is 0 Å². The quantitative estimate of drug-likeness (QED) is 0.498. The summed E-state index contributed by atoms with van der Waals surface area (Å²) in [4.78, 5) is 34.7. The molecule has 0 fully saturated rings. The summed E-state index contributed by atoms with van der Waals surface area (Å²) >= 11 is 0. The summed E-state index contributed by atoms with van der Waals surface area (Å²) in [7, 11) is 0. The lowest BCUT2D eigenvalue weighted by molar-refractivity contribution is -0.150. The number of allylic oxidation sites excluding steroid dienone is 1. The minimum atomic E-state index is -1.01. The van der Waals surface area contributed by atoms with Crippen molar-refractivity contribution in [3.63, 3.8) is 0 Å². The fourth-order valence-electron chi connectivity index (χ4n) is 1.38. The number of amides is 2. The Kier molecular flexibility index (Phi) is 6.13. The van der Waals surface area contributed by atoms with Crippen LogP contribution in [0.15, 0.2) is 42.0 Å². The third-order valence-corrected chi connectivity index (χ3v) is 2.40. The van der Waals surface area contributed by atoms with Crippen molar-refractivity contribution in [3.8, 4) is 0 Å². The number of esters is 1. The summed E-state index contributed by atoms with van der Waals surface area (Å²) in [5, 5.41) is 0. The number of nitrogens with one attached hydrogen (secondary N) is 2. The van der Waals surface area contributed by atoms with E-state index in [4.69, 9.17) is 4.74 Å². The molecule has 0 bridgehead atoms. The maximum atomic E-state index is 11.7. The number of hydrogen-bond donors (Lipinski definition) is 2. The number of carbonyl (C=O) groups is 3. The van der Waals surface area contributed by atoms with E-state index in [9.17, 15) is 14.4 Å². The first-order valence-electron chi connectivity index (χ1n) is 6.41. The second kappa shape index (κ2) is 7.84. The minimum Gasteiger partial charge on any atom is -0.449 e. The minimum absolute atomic E-state index is 0.409. The highest BCUT2D eigenvalue weighted by molar-refractivity contribution is 5.96. The van der Waals surface area contributed by atoms with Gasteiger partial charge in [-0.2, -0.15) is 0 Å². The molecular formula is C15H18N2O4. The fraction of sp³-hybridized carbons (Fsp3) is 0.267. The molecule has 0 saturated heterocycles. The highest BCUT2D eigenvalue weighted by Crippen LogP contribution is 1.98. The zero-order valence-corrected chi connectivity index (χ0v) is 12.2. The van der Waals surface area contributed by atoms with Gasteiger partial charge in [0, 0.05) is 11.6 Å². The molecule has 6 nitrogen and oxygen atoms in total. The van der Waals surface area contributed by atoms with Gasteiger partial charge in [0.2, 0.25) is 0 Å². The van der Waals surface area contributed by atoms with E-state index in [0.717, 1.165) is 5.57 Å². The van der Waals surface area contributed by atoms with Crippen LogP contribution in [0, 0.1) is 0 Å². The molecule has 0 heterocycles. The smallest absolute Gasteiger partial charge is 0.331 e. The standard InChI is InChI=1S/C15H18N2O4/c1-10(2)9-13(18)21-11(3)14(19)16-17-15(20)12-7-5-4-6-8-12/h4-9,11H,1-3H3,(H,16,19)(H,17,20)/t11-/m0/s1. The summed E-state index contributed by atoms with van der Waals surface area (Å²) in [6, 6.07) is 8.42. The fourth-order valence-corrected chi connectivity index (χ4v) is 1.38. The van der Waals surface area contributed by atoms with Gasteiger partial charge >= 0.3 is 5.97 Å². The molecule has 1 rings (SSSR count). The van der Waals surface area contributed by atoms with Gasteiger partial charge in [-0.05, 0) is 32.9 Å². The maximum absolute atomic E-state index is 11.7. The van der Waals surface area contributed by atoms with E-state index in [-0.39, 0.29) is 0 Å². The molecule has 0 aliphatic heterocycles. The maximum Gasteiger partial charge on any atom is 0.331 e. The summed E-state index contributed by atoms with van der Waals surface area (Å²) in [6.07, 6.45) is 0.274. The highest BCUT2D eigenvalue weighted by Gasteiger charge is 2.17. The van der Waals surface area contributed by atoms with Crippen molar-refractivity contribution in [2.24, 2.45) is 0 Å². The third kappa shape index (κ3) is 5.90. The molecular weight excluding hydrogens is 272 g/mol. The lowest BCUT2D eigenvalue weighted by Gasteiger charge is -2.13. The predicted molar refractivity (Wildman–Crippen MR) is 77.0 cm³/mol. The number of carbonyl (C=O) groups excluding carboxylic acids is 3. The van der Waals surface area contributed by atoms with Crippen molar-refractivity contribution in [1.82, 2.24) is 10.9 Å². The van der Waals surface area contributed by atoms with Crippen molar-refractivity contribution in [1.29, 1.82) is 0 Å². The van der Waals surface area contributed by atoms with Crippen LogP contribution in [0.1, 0.15) is 31.1 Å². The van der Waals surface area contributed by atoms with Crippen molar-refractivity contribution < 1.29 is 19.1 Å². The average molecular weight is 290 g/mol. The molecule has 1 aromatic rings. The van der Waals surface area contributed by atoms with Crippen molar-refractivity contribution in [2.45, 2.75) is 26.9 Å². The average Bonchev–Trinajstić information content (AvgIpc) is 2.44. The molecule has 0 unspecified atom stereocenters. The Balaban J connectivity index is 2.45. The number of hydrazine groups is 1. The molecule has 0 saturated carbocycles. The second-order valence-electron chi connectivity index (χ2n) is 4.61. The molecule has 6 heteroatoms. The lowest BCUT2D eigenvalue weighted by atomic mass is 10.2. The first kappa shape index (κ1) is 16.4. The summed E-state index contributed by atoms with van der Waals surface area (Å²) < 4.78 is 4.88. The second-order valence-corrected chi connectivity index (χ2v) is 4.61. The van der Waals surface area contributed by atoms with E-state index in [1.807, 2.05) is 0 Å². The molecule has 1 atom stereocenters. The largest absolute Gasteiger partial charge is 0.449 e. The Morgan fingerprint density at radius 2 is 1.71 bits per heavy atom. The molecule has 2 N–H and O–H groups in total. The Labute approximate surface area is 123 Å². The predicted octanol–water partition coefficient (Wildman–Crippen LogP) is 1.35. The SMILES string of the molecule is CC(C)=CC(=O)O[C@@H](C)C(=O)NNC(=O)c1ccccc1. The van der Waals surface area contributed by atoms with Crippen LogP contribution < -0.4 is 10.9 Å². The van der Waals surface area contributed by atoms with Gasteiger partial charge in [-0.25, -0.2) is 4.79 Å². The first-order chi connectivity index (χ1) is 9.90. The zero-order valence-electron chi connectivity index (χ0n) is 12.2. The van der Waals surface area contributed by atoms with Crippen LogP contribution in [0.3, 0.4) is 0 Å². The number of benzene rings is 1. The van der Waals surface area contributed by atoms with Crippen LogP contribution in [0.5, 0.6) is 0 Å². The van der Waals surface area contributed by atoms with E-state index >= 15 is 0 Å². The molecule has 0 spiro atoms. The number of hydrogen-bond acceptors (Lipinski definition) is 4. The molecule has 0 aliphatic rings. The van der Waals surface area contributed by atoms with Gasteiger partial charge in [-0.1, -0.05) is 23.8 Å². The third-order valence-electron chi connectivity index (χ3n) is 2.40. The van der Waals surface area contributed by atoms with Gasteiger partial charge in [-0.3, -0.25) is 20.4 Å². The van der Waals surface area contributed by atoms with E-state index in [1.54, 1.807) is 44.2 Å². The molecule has 0 aromatic heterocycles. The monoisotopic (exact) mass is 290 g/mol. The molecule has 2 amide bonds. The Morgan fingerprint density at radius 3 is 2.29 bits per heavy atom. The Hall–Kier alpha value is -2.63. The topological polar surface area (TPSA) is 84.5 Å². The highest BCUT2D eigenvalue weighted by atomic mass is 16.5. The van der Waals surface area contributed by atoms with Crippen LogP contribution in [0.25, 0.3) is 0 Å². The lowest BCUT2D eigenvalue weighted by Crippen LogP contribution is -2.46. The van der Waals surface area contributed by atoms with E-state index in [1.165, 1.54) is 13.0 Å². The first-order valence-corrected chi connectivity index (χ1v) is 6.41. The number of rotatable bonds is 4. The molecule has 1 aromatic carbocycles. The zero-order chi connectivity index (χ0) is 15.8. The van der Waals surface area contributed by atoms with Crippen LogP contribution in [-0.2, 0) is 14.3 Å². The van der Waals surface area contributed by atoms with E-state index < -0.39 is 23.9 Å². The Bertz CT molecular complexity index is 548. The normalized spacial score (nSPS) is 11.0. The van der Waals surface area contributed by atoms with Crippen LogP contribution in [-0.4, -0.2) is 23.9 Å². The molecule has 21 heavy (non-hydrogen) atoms. The van der Waals surface area contributed by atoms with Crippen LogP contribution in [0.4, 0.5) is 0 Å². The summed E-state index contributed by atoms with van der Waals surface area (Å²) in [5.74, 6) is -1.67. The molecule has 0 radical (unpaired) electrons. The summed E-state index contributed by atoms with van der Waals surface area (Å²) in [5.41, 5.74) is 5.63. The van der Waals surface area contributed by atoms with Crippen molar-refractivity contribution >= 4 is 17.8 Å². The number of ether oxygens (including phenoxy) is 1. The molecule has 112 valence electrons. The van der Waals surface area contributed by atoms with Gasteiger partial charge in [0.15, 0.2) is 6.10 Å². The van der Waals surface area contributed by atoms with Gasteiger partial charge in [0.25, 0.3) is 11.8 Å². The van der Waals surface area contributed by atoms with Gasteiger partial charge in [-0.15, -0.1) is 0 Å². The van der Waals surface area contributed by atoms with Gasteiger partial charge < -0.3 is 4.74 Å². The van der Waals surface area contributed by atoms with Crippen LogP contribution >= 0.6 is 0 Å². The van der Waals surface area contributed by atoms with Crippen molar-refractivity contribution in [2.75, 3.05) is 0 Å². The summed E-state index contributed by atoms with van der Waals surface area (Å²) in [6.45, 7) is 4.90.